The molecule has 3 rings (SSSR count). The number of hydrogen-bond acceptors (Lipinski definition) is 4. The van der Waals surface area contributed by atoms with Crippen molar-refractivity contribution in [2.24, 2.45) is 5.92 Å². The maximum absolute atomic E-state index is 11.2. The van der Waals surface area contributed by atoms with Crippen LogP contribution in [-0.4, -0.2) is 35.6 Å². The van der Waals surface area contributed by atoms with Crippen molar-refractivity contribution < 1.29 is 9.90 Å². The molecule has 26 heavy (non-hydrogen) atoms. The quantitative estimate of drug-likeness (QED) is 0.642. The summed E-state index contributed by atoms with van der Waals surface area (Å²) in [4.78, 5) is 16.3. The van der Waals surface area contributed by atoms with Crippen LogP contribution in [-0.2, 0) is 4.79 Å². The Balaban J connectivity index is 1.64. The van der Waals surface area contributed by atoms with Gasteiger partial charge in [-0.2, -0.15) is 0 Å². The van der Waals surface area contributed by atoms with E-state index >= 15 is 0 Å². The summed E-state index contributed by atoms with van der Waals surface area (Å²) < 4.78 is 0. The molecule has 0 unspecified atom stereocenters. The van der Waals surface area contributed by atoms with Gasteiger partial charge in [0.15, 0.2) is 0 Å². The number of carbonyl (C=O) groups is 1. The Labute approximate surface area is 164 Å². The molecule has 1 atom stereocenters. The van der Waals surface area contributed by atoms with Crippen molar-refractivity contribution >= 4 is 34.2 Å². The fraction of sp³-hybridized carbons (Fsp3) is 0.476. The first-order valence-corrected chi connectivity index (χ1v) is 11.1. The van der Waals surface area contributed by atoms with Crippen LogP contribution in [0.2, 0.25) is 0 Å². The summed E-state index contributed by atoms with van der Waals surface area (Å²) >= 11 is 3.63. The lowest BCUT2D eigenvalue weighted by Crippen LogP contribution is -2.39. The number of carboxylic acids is 1. The molecular weight excluding hydrogens is 362 g/mol. The first kappa shape index (κ1) is 19.3. The molecule has 1 aliphatic rings. The van der Waals surface area contributed by atoms with Gasteiger partial charge in [0.05, 0.1) is 5.92 Å². The number of hydrogen-bond donors (Lipinski definition) is 1. The topological polar surface area (TPSA) is 40.5 Å². The standard InChI is InChI=1S/C21H27NO2S2/c1-15-8-12-25-19(15)18(20-16(2)9-13-26-20)7-3-4-10-22-11-5-6-17(14-22)21(23)24/h7-9,12-13,17H,3-6,10-11,14H2,1-2H3,(H,23,24)/t17-/m1/s1. The molecule has 1 saturated heterocycles. The van der Waals surface area contributed by atoms with Gasteiger partial charge in [0.25, 0.3) is 0 Å². The molecule has 0 saturated carbocycles. The molecule has 3 nitrogen and oxygen atoms in total. The number of carboxylic acid groups (broad SMARTS) is 1. The third kappa shape index (κ3) is 4.64. The number of likely N-dealkylation sites (tertiary alicyclic amines) is 1. The lowest BCUT2D eigenvalue weighted by atomic mass is 9.98. The molecule has 140 valence electrons. The molecule has 2 aromatic heterocycles. The summed E-state index contributed by atoms with van der Waals surface area (Å²) in [6, 6.07) is 4.38. The van der Waals surface area contributed by atoms with Gasteiger partial charge in [-0.15, -0.1) is 22.7 Å². The predicted molar refractivity (Wildman–Crippen MR) is 111 cm³/mol. The van der Waals surface area contributed by atoms with Gasteiger partial charge in [0, 0.05) is 21.9 Å². The van der Waals surface area contributed by atoms with Gasteiger partial charge < -0.3 is 10.0 Å². The Morgan fingerprint density at radius 2 is 1.88 bits per heavy atom. The summed E-state index contributed by atoms with van der Waals surface area (Å²) in [5.41, 5.74) is 4.05. The van der Waals surface area contributed by atoms with Gasteiger partial charge in [-0.1, -0.05) is 6.08 Å². The van der Waals surface area contributed by atoms with E-state index in [1.54, 1.807) is 0 Å². The maximum Gasteiger partial charge on any atom is 0.307 e. The number of thiophene rings is 2. The first-order chi connectivity index (χ1) is 12.6. The maximum atomic E-state index is 11.2. The highest BCUT2D eigenvalue weighted by atomic mass is 32.1. The van der Waals surface area contributed by atoms with Crippen LogP contribution in [0, 0.1) is 19.8 Å². The van der Waals surface area contributed by atoms with Crippen molar-refractivity contribution in [2.45, 2.75) is 39.5 Å². The molecule has 0 aromatic carbocycles. The summed E-state index contributed by atoms with van der Waals surface area (Å²) in [6.45, 7) is 7.10. The van der Waals surface area contributed by atoms with Crippen molar-refractivity contribution in [2.75, 3.05) is 19.6 Å². The smallest absolute Gasteiger partial charge is 0.307 e. The zero-order valence-corrected chi connectivity index (χ0v) is 17.2. The van der Waals surface area contributed by atoms with Crippen LogP contribution in [0.5, 0.6) is 0 Å². The van der Waals surface area contributed by atoms with Crippen LogP contribution >= 0.6 is 22.7 Å². The van der Waals surface area contributed by atoms with Crippen LogP contribution in [0.4, 0.5) is 0 Å². The fourth-order valence-corrected chi connectivity index (χ4v) is 5.62. The number of unbranched alkanes of at least 4 members (excludes halogenated alkanes) is 1. The van der Waals surface area contributed by atoms with E-state index in [2.05, 4.69) is 47.7 Å². The zero-order valence-electron chi connectivity index (χ0n) is 15.5. The number of aryl methyl sites for hydroxylation is 2. The molecule has 0 aliphatic carbocycles. The molecular formula is C21H27NO2S2. The first-order valence-electron chi connectivity index (χ1n) is 9.30. The molecule has 0 radical (unpaired) electrons. The fourth-order valence-electron chi connectivity index (χ4n) is 3.61. The molecule has 5 heteroatoms. The van der Waals surface area contributed by atoms with Crippen molar-refractivity contribution in [3.63, 3.8) is 0 Å². The van der Waals surface area contributed by atoms with Crippen molar-refractivity contribution in [1.29, 1.82) is 0 Å². The number of rotatable bonds is 7. The van der Waals surface area contributed by atoms with Crippen LogP contribution in [0.1, 0.15) is 46.6 Å². The predicted octanol–water partition coefficient (Wildman–Crippen LogP) is 5.43. The van der Waals surface area contributed by atoms with E-state index in [-0.39, 0.29) is 5.92 Å². The number of allylic oxidation sites excluding steroid dienone is 1. The van der Waals surface area contributed by atoms with Crippen molar-refractivity contribution in [1.82, 2.24) is 4.90 Å². The summed E-state index contributed by atoms with van der Waals surface area (Å²) in [7, 11) is 0. The highest BCUT2D eigenvalue weighted by Gasteiger charge is 2.24. The lowest BCUT2D eigenvalue weighted by Gasteiger charge is -2.30. The Kier molecular flexibility index (Phi) is 6.68. The number of aliphatic carboxylic acids is 1. The molecule has 0 amide bonds. The van der Waals surface area contributed by atoms with E-state index in [4.69, 9.17) is 0 Å². The van der Waals surface area contributed by atoms with Crippen LogP contribution < -0.4 is 0 Å². The normalized spacial score (nSPS) is 18.0. The third-order valence-corrected chi connectivity index (χ3v) is 7.19. The van der Waals surface area contributed by atoms with Gasteiger partial charge in [0.2, 0.25) is 0 Å². The summed E-state index contributed by atoms with van der Waals surface area (Å²) in [5.74, 6) is -0.824. The average Bonchev–Trinajstić information content (AvgIpc) is 3.24. The van der Waals surface area contributed by atoms with E-state index in [9.17, 15) is 9.90 Å². The van der Waals surface area contributed by atoms with Crippen LogP contribution in [0.3, 0.4) is 0 Å². The molecule has 1 fully saturated rings. The van der Waals surface area contributed by atoms with E-state index in [0.717, 1.165) is 38.8 Å². The minimum absolute atomic E-state index is 0.183. The third-order valence-electron chi connectivity index (χ3n) is 5.10. The zero-order chi connectivity index (χ0) is 18.5. The molecule has 2 aromatic rings. The highest BCUT2D eigenvalue weighted by molar-refractivity contribution is 7.14. The van der Waals surface area contributed by atoms with E-state index in [1.807, 2.05) is 22.7 Å². The van der Waals surface area contributed by atoms with Crippen LogP contribution in [0.15, 0.2) is 29.0 Å². The molecule has 0 bridgehead atoms. The second-order valence-electron chi connectivity index (χ2n) is 7.10. The molecule has 3 heterocycles. The molecule has 1 N–H and O–H groups in total. The average molecular weight is 390 g/mol. The summed E-state index contributed by atoms with van der Waals surface area (Å²) in [5, 5.41) is 13.6. The van der Waals surface area contributed by atoms with Gasteiger partial charge in [-0.3, -0.25) is 4.79 Å². The van der Waals surface area contributed by atoms with Gasteiger partial charge in [0.1, 0.15) is 0 Å². The molecule has 0 spiro atoms. The van der Waals surface area contributed by atoms with Crippen molar-refractivity contribution in [3.8, 4) is 0 Å². The van der Waals surface area contributed by atoms with Gasteiger partial charge >= 0.3 is 5.97 Å². The lowest BCUT2D eigenvalue weighted by molar-refractivity contribution is -0.143. The Morgan fingerprint density at radius 1 is 1.23 bits per heavy atom. The minimum Gasteiger partial charge on any atom is -0.481 e. The molecule has 1 aliphatic heterocycles. The highest BCUT2D eigenvalue weighted by Crippen LogP contribution is 2.35. The second kappa shape index (κ2) is 8.98. The Morgan fingerprint density at radius 3 is 2.42 bits per heavy atom. The monoisotopic (exact) mass is 389 g/mol. The van der Waals surface area contributed by atoms with E-state index in [1.165, 1.54) is 26.5 Å². The SMILES string of the molecule is Cc1ccsc1C(=CCCCN1CCC[C@@H](C(=O)O)C1)c1sccc1C. The Hall–Kier alpha value is -1.43. The van der Waals surface area contributed by atoms with Crippen molar-refractivity contribution in [3.05, 3.63) is 49.9 Å². The Bertz CT molecular complexity index is 732. The van der Waals surface area contributed by atoms with Crippen LogP contribution in [0.25, 0.3) is 5.57 Å². The summed E-state index contributed by atoms with van der Waals surface area (Å²) in [6.07, 6.45) is 6.31. The second-order valence-corrected chi connectivity index (χ2v) is 8.94. The largest absolute Gasteiger partial charge is 0.481 e. The number of nitrogens with zero attached hydrogens (tertiary/aromatic N) is 1. The number of piperidine rings is 1. The van der Waals surface area contributed by atoms with E-state index in [0.29, 0.717) is 6.54 Å². The minimum atomic E-state index is -0.641. The van der Waals surface area contributed by atoms with Gasteiger partial charge in [-0.25, -0.2) is 0 Å². The van der Waals surface area contributed by atoms with Gasteiger partial charge in [-0.05, 0) is 86.6 Å². The van der Waals surface area contributed by atoms with E-state index < -0.39 is 5.97 Å².